The summed E-state index contributed by atoms with van der Waals surface area (Å²) in [6.07, 6.45) is 8.44. The maximum atomic E-state index is 10.3. The van der Waals surface area contributed by atoms with Crippen molar-refractivity contribution in [1.82, 2.24) is 5.32 Å². The summed E-state index contributed by atoms with van der Waals surface area (Å²) in [6, 6.07) is 0. The van der Waals surface area contributed by atoms with E-state index in [2.05, 4.69) is 11.4 Å². The van der Waals surface area contributed by atoms with Crippen LogP contribution in [0.15, 0.2) is 23.3 Å². The van der Waals surface area contributed by atoms with Gasteiger partial charge in [-0.05, 0) is 39.2 Å². The lowest BCUT2D eigenvalue weighted by Gasteiger charge is -2.05. The Balaban J connectivity index is 2.08. The molecule has 84 valence electrons. The van der Waals surface area contributed by atoms with Gasteiger partial charge in [-0.25, -0.2) is 4.79 Å². The highest BCUT2D eigenvalue weighted by atomic mass is 16.4. The van der Waals surface area contributed by atoms with E-state index < -0.39 is 5.97 Å². The molecule has 0 spiro atoms. The fraction of sp³-hybridized carbons (Fsp3) is 0.583. The van der Waals surface area contributed by atoms with E-state index in [0.717, 1.165) is 18.5 Å². The molecule has 1 aliphatic rings. The minimum Gasteiger partial charge on any atom is -0.478 e. The summed E-state index contributed by atoms with van der Waals surface area (Å²) in [5.41, 5.74) is 2.41. The van der Waals surface area contributed by atoms with Crippen LogP contribution in [0.3, 0.4) is 0 Å². The number of hydrogen-bond donors (Lipinski definition) is 2. The second-order valence-corrected chi connectivity index (χ2v) is 4.01. The molecular formula is C12H19NO2. The number of carboxylic acid groups (broad SMARTS) is 1. The first kappa shape index (κ1) is 12.0. The topological polar surface area (TPSA) is 49.3 Å². The fourth-order valence-corrected chi connectivity index (χ4v) is 1.76. The summed E-state index contributed by atoms with van der Waals surface area (Å²) in [7, 11) is 0. The third-order valence-electron chi connectivity index (χ3n) is 2.53. The monoisotopic (exact) mass is 209 g/mol. The molecule has 0 heterocycles. The van der Waals surface area contributed by atoms with Crippen LogP contribution in [0.25, 0.3) is 0 Å². The van der Waals surface area contributed by atoms with Crippen LogP contribution in [0.1, 0.15) is 32.6 Å². The molecule has 0 radical (unpaired) electrons. The van der Waals surface area contributed by atoms with Gasteiger partial charge in [0.2, 0.25) is 0 Å². The molecule has 0 saturated carbocycles. The first-order valence-corrected chi connectivity index (χ1v) is 5.47. The second kappa shape index (κ2) is 6.40. The van der Waals surface area contributed by atoms with Crippen LogP contribution >= 0.6 is 0 Å². The largest absolute Gasteiger partial charge is 0.478 e. The van der Waals surface area contributed by atoms with Crippen molar-refractivity contribution in [2.24, 2.45) is 0 Å². The number of allylic oxidation sites excluding steroid dienone is 1. The van der Waals surface area contributed by atoms with Crippen molar-refractivity contribution in [3.8, 4) is 0 Å². The molecule has 0 aromatic carbocycles. The van der Waals surface area contributed by atoms with Crippen LogP contribution in [-0.4, -0.2) is 24.2 Å². The zero-order chi connectivity index (χ0) is 11.1. The minimum absolute atomic E-state index is 0.666. The molecule has 0 aliphatic heterocycles. The van der Waals surface area contributed by atoms with Gasteiger partial charge in [-0.3, -0.25) is 0 Å². The molecular weight excluding hydrogens is 190 g/mol. The summed E-state index contributed by atoms with van der Waals surface area (Å²) in [5, 5.41) is 11.7. The first-order chi connectivity index (χ1) is 7.18. The smallest absolute Gasteiger partial charge is 0.328 e. The number of hydrogen-bond acceptors (Lipinski definition) is 2. The van der Waals surface area contributed by atoms with Crippen molar-refractivity contribution in [3.63, 3.8) is 0 Å². The van der Waals surface area contributed by atoms with Crippen molar-refractivity contribution < 1.29 is 9.90 Å². The van der Waals surface area contributed by atoms with E-state index in [9.17, 15) is 4.79 Å². The van der Waals surface area contributed by atoms with E-state index in [1.165, 1.54) is 25.3 Å². The summed E-state index contributed by atoms with van der Waals surface area (Å²) < 4.78 is 0. The van der Waals surface area contributed by atoms with Gasteiger partial charge in [0.1, 0.15) is 0 Å². The molecule has 0 aromatic rings. The molecule has 0 amide bonds. The van der Waals surface area contributed by atoms with Crippen LogP contribution in [0.2, 0.25) is 0 Å². The standard InChI is InChI=1S/C12H19NO2/c1-10(8-12(14)15)9-13-7-6-11-4-2-3-5-11/h4,8,13H,2-3,5-7,9H2,1H3,(H,14,15). The molecule has 0 aromatic heterocycles. The fourth-order valence-electron chi connectivity index (χ4n) is 1.76. The Morgan fingerprint density at radius 2 is 2.47 bits per heavy atom. The molecule has 0 bridgehead atoms. The van der Waals surface area contributed by atoms with E-state index >= 15 is 0 Å². The number of carboxylic acids is 1. The van der Waals surface area contributed by atoms with Crippen molar-refractivity contribution >= 4 is 5.97 Å². The molecule has 0 fully saturated rings. The number of rotatable bonds is 6. The molecule has 2 N–H and O–H groups in total. The van der Waals surface area contributed by atoms with E-state index in [4.69, 9.17) is 5.11 Å². The van der Waals surface area contributed by atoms with Crippen LogP contribution in [0.5, 0.6) is 0 Å². The van der Waals surface area contributed by atoms with Crippen LogP contribution in [0.4, 0.5) is 0 Å². The van der Waals surface area contributed by atoms with Gasteiger partial charge < -0.3 is 10.4 Å². The van der Waals surface area contributed by atoms with Gasteiger partial charge in [-0.1, -0.05) is 17.2 Å². The minimum atomic E-state index is -0.868. The van der Waals surface area contributed by atoms with E-state index in [0.29, 0.717) is 6.54 Å². The van der Waals surface area contributed by atoms with Gasteiger partial charge in [0.15, 0.2) is 0 Å². The van der Waals surface area contributed by atoms with Crippen LogP contribution in [-0.2, 0) is 4.79 Å². The molecule has 1 aliphatic carbocycles. The maximum Gasteiger partial charge on any atom is 0.328 e. The molecule has 1 rings (SSSR count). The summed E-state index contributed by atoms with van der Waals surface area (Å²) >= 11 is 0. The third kappa shape index (κ3) is 5.37. The lowest BCUT2D eigenvalue weighted by molar-refractivity contribution is -0.131. The first-order valence-electron chi connectivity index (χ1n) is 5.47. The van der Waals surface area contributed by atoms with Crippen LogP contribution < -0.4 is 5.32 Å². The zero-order valence-corrected chi connectivity index (χ0v) is 9.25. The van der Waals surface area contributed by atoms with Gasteiger partial charge >= 0.3 is 5.97 Å². The Morgan fingerprint density at radius 1 is 1.67 bits per heavy atom. The normalized spacial score (nSPS) is 16.6. The summed E-state index contributed by atoms with van der Waals surface area (Å²) in [6.45, 7) is 3.44. The van der Waals surface area contributed by atoms with Crippen molar-refractivity contribution in [2.45, 2.75) is 32.6 Å². The third-order valence-corrected chi connectivity index (χ3v) is 2.53. The summed E-state index contributed by atoms with van der Waals surface area (Å²) in [4.78, 5) is 10.3. The Kier molecular flexibility index (Phi) is 5.12. The predicted molar refractivity (Wildman–Crippen MR) is 60.8 cm³/mol. The SMILES string of the molecule is CC(=CC(=O)O)CNCCC1=CCCC1. The average Bonchev–Trinajstić information content (AvgIpc) is 2.63. The number of aliphatic carboxylic acids is 1. The highest BCUT2D eigenvalue weighted by Crippen LogP contribution is 2.19. The van der Waals surface area contributed by atoms with E-state index in [1.54, 1.807) is 5.57 Å². The Hall–Kier alpha value is -1.09. The average molecular weight is 209 g/mol. The molecule has 0 unspecified atom stereocenters. The lowest BCUT2D eigenvalue weighted by atomic mass is 10.1. The van der Waals surface area contributed by atoms with Gasteiger partial charge in [-0.15, -0.1) is 0 Å². The molecule has 0 saturated heterocycles. The molecule has 15 heavy (non-hydrogen) atoms. The van der Waals surface area contributed by atoms with E-state index in [1.807, 2.05) is 6.92 Å². The number of nitrogens with one attached hydrogen (secondary N) is 1. The molecule has 0 atom stereocenters. The van der Waals surface area contributed by atoms with Gasteiger partial charge in [0, 0.05) is 12.6 Å². The highest BCUT2D eigenvalue weighted by molar-refractivity contribution is 5.80. The lowest BCUT2D eigenvalue weighted by Crippen LogP contribution is -2.18. The zero-order valence-electron chi connectivity index (χ0n) is 9.25. The van der Waals surface area contributed by atoms with Gasteiger partial charge in [-0.2, -0.15) is 0 Å². The Morgan fingerprint density at radius 3 is 3.07 bits per heavy atom. The predicted octanol–water partition coefficient (Wildman–Crippen LogP) is 2.11. The van der Waals surface area contributed by atoms with Gasteiger partial charge in [0.05, 0.1) is 0 Å². The number of carbonyl (C=O) groups is 1. The Labute approximate surface area is 90.9 Å². The van der Waals surface area contributed by atoms with E-state index in [-0.39, 0.29) is 0 Å². The van der Waals surface area contributed by atoms with Gasteiger partial charge in [0.25, 0.3) is 0 Å². The van der Waals surface area contributed by atoms with Crippen molar-refractivity contribution in [3.05, 3.63) is 23.3 Å². The van der Waals surface area contributed by atoms with Crippen LogP contribution in [0, 0.1) is 0 Å². The second-order valence-electron chi connectivity index (χ2n) is 4.01. The Bertz CT molecular complexity index is 279. The van der Waals surface area contributed by atoms with Crippen molar-refractivity contribution in [1.29, 1.82) is 0 Å². The molecule has 3 nitrogen and oxygen atoms in total. The summed E-state index contributed by atoms with van der Waals surface area (Å²) in [5.74, 6) is -0.868. The quantitative estimate of drug-likeness (QED) is 0.400. The maximum absolute atomic E-state index is 10.3. The van der Waals surface area contributed by atoms with Crippen molar-refractivity contribution in [2.75, 3.05) is 13.1 Å². The highest BCUT2D eigenvalue weighted by Gasteiger charge is 2.03. The molecule has 3 heteroatoms.